The van der Waals surface area contributed by atoms with E-state index in [1.54, 1.807) is 0 Å². The number of thioether (sulfide) groups is 1. The van der Waals surface area contributed by atoms with Gasteiger partial charge in [-0.25, -0.2) is 0 Å². The average Bonchev–Trinajstić information content (AvgIpc) is 2.49. The highest BCUT2D eigenvalue weighted by Crippen LogP contribution is 2.29. The molecule has 0 atom stereocenters. The van der Waals surface area contributed by atoms with E-state index in [4.69, 9.17) is 11.6 Å². The monoisotopic (exact) mass is 357 g/mol. The zero-order valence-electron chi connectivity index (χ0n) is 12.2. The van der Waals surface area contributed by atoms with Crippen molar-refractivity contribution in [1.29, 1.82) is 0 Å². The number of carbonyl (C=O) groups is 1. The lowest BCUT2D eigenvalue weighted by atomic mass is 10.2. The molecule has 0 radical (unpaired) electrons. The minimum atomic E-state index is -2.95. The molecule has 2 aromatic carbocycles. The summed E-state index contributed by atoms with van der Waals surface area (Å²) in [4.78, 5) is 12.9. The first-order valence-corrected chi connectivity index (χ1v) is 8.04. The molecular weight excluding hydrogens is 344 g/mol. The molecule has 0 aliphatic rings. The Balaban J connectivity index is 1.89. The average molecular weight is 358 g/mol. The van der Waals surface area contributed by atoms with Gasteiger partial charge in [0, 0.05) is 10.6 Å². The van der Waals surface area contributed by atoms with E-state index in [0.717, 1.165) is 10.5 Å². The number of aryl methyl sites for hydroxylation is 1. The van der Waals surface area contributed by atoms with E-state index in [2.05, 4.69) is 10.1 Å². The summed E-state index contributed by atoms with van der Waals surface area (Å²) >= 11 is 7.23. The Hall–Kier alpha value is -1.79. The smallest absolute Gasteiger partial charge is 0.387 e. The molecule has 0 saturated heterocycles. The van der Waals surface area contributed by atoms with Crippen molar-refractivity contribution in [2.75, 3.05) is 11.1 Å². The molecule has 0 aliphatic heterocycles. The second kappa shape index (κ2) is 8.17. The second-order valence-electron chi connectivity index (χ2n) is 4.67. The summed E-state index contributed by atoms with van der Waals surface area (Å²) in [6.45, 7) is -0.953. The first-order chi connectivity index (χ1) is 10.9. The van der Waals surface area contributed by atoms with Crippen molar-refractivity contribution in [3.05, 3.63) is 53.1 Å². The van der Waals surface area contributed by atoms with Gasteiger partial charge in [-0.2, -0.15) is 8.78 Å². The van der Waals surface area contributed by atoms with Crippen LogP contribution in [0.5, 0.6) is 5.75 Å². The number of benzene rings is 2. The summed E-state index contributed by atoms with van der Waals surface area (Å²) in [6.07, 6.45) is 0. The van der Waals surface area contributed by atoms with E-state index >= 15 is 0 Å². The number of ether oxygens (including phenoxy) is 1. The number of rotatable bonds is 6. The van der Waals surface area contributed by atoms with Gasteiger partial charge in [-0.15, -0.1) is 11.8 Å². The molecule has 2 rings (SSSR count). The fourth-order valence-electron chi connectivity index (χ4n) is 1.75. The topological polar surface area (TPSA) is 38.3 Å². The van der Waals surface area contributed by atoms with Crippen LogP contribution in [0.4, 0.5) is 14.5 Å². The molecule has 0 aliphatic carbocycles. The number of nitrogens with one attached hydrogen (secondary N) is 1. The van der Waals surface area contributed by atoms with Crippen LogP contribution in [-0.4, -0.2) is 18.3 Å². The lowest BCUT2D eigenvalue weighted by Gasteiger charge is -2.09. The fraction of sp³-hybridized carbons (Fsp3) is 0.188. The highest BCUT2D eigenvalue weighted by molar-refractivity contribution is 8.00. The standard InChI is InChI=1S/C16H14ClF2NO2S/c1-10-2-5-12(6-3-10)23-9-15(21)20-11-4-7-14(13(17)8-11)22-16(18)19/h2-8,16H,9H2,1H3,(H,20,21). The van der Waals surface area contributed by atoms with E-state index < -0.39 is 6.61 Å². The van der Waals surface area contributed by atoms with Crippen LogP contribution in [0.15, 0.2) is 47.4 Å². The maximum absolute atomic E-state index is 12.1. The molecule has 0 aromatic heterocycles. The largest absolute Gasteiger partial charge is 0.433 e. The molecule has 3 nitrogen and oxygen atoms in total. The Morgan fingerprint density at radius 2 is 1.96 bits per heavy atom. The predicted octanol–water partition coefficient (Wildman–Crippen LogP) is 4.98. The van der Waals surface area contributed by atoms with Crippen molar-refractivity contribution in [1.82, 2.24) is 0 Å². The van der Waals surface area contributed by atoms with Gasteiger partial charge >= 0.3 is 6.61 Å². The fourth-order valence-corrected chi connectivity index (χ4v) is 2.67. The molecule has 0 bridgehead atoms. The van der Waals surface area contributed by atoms with Crippen molar-refractivity contribution >= 4 is 35.0 Å². The highest BCUT2D eigenvalue weighted by atomic mass is 35.5. The Morgan fingerprint density at radius 1 is 1.26 bits per heavy atom. The summed E-state index contributed by atoms with van der Waals surface area (Å²) in [5, 5.41) is 2.67. The number of hydrogen-bond acceptors (Lipinski definition) is 3. The van der Waals surface area contributed by atoms with Crippen LogP contribution in [0.2, 0.25) is 5.02 Å². The van der Waals surface area contributed by atoms with Gasteiger partial charge in [0.15, 0.2) is 0 Å². The molecule has 0 fully saturated rings. The van der Waals surface area contributed by atoms with Crippen molar-refractivity contribution in [2.24, 2.45) is 0 Å². The predicted molar refractivity (Wildman–Crippen MR) is 88.6 cm³/mol. The zero-order chi connectivity index (χ0) is 16.8. The lowest BCUT2D eigenvalue weighted by molar-refractivity contribution is -0.113. The van der Waals surface area contributed by atoms with Gasteiger partial charge in [0.1, 0.15) is 5.75 Å². The van der Waals surface area contributed by atoms with E-state index in [-0.39, 0.29) is 22.4 Å². The first kappa shape index (κ1) is 17.6. The van der Waals surface area contributed by atoms with Crippen molar-refractivity contribution in [3.63, 3.8) is 0 Å². The highest BCUT2D eigenvalue weighted by Gasteiger charge is 2.10. The summed E-state index contributed by atoms with van der Waals surface area (Å²) in [6, 6.07) is 12.0. The summed E-state index contributed by atoms with van der Waals surface area (Å²) < 4.78 is 28.5. The van der Waals surface area contributed by atoms with E-state index in [9.17, 15) is 13.6 Å². The van der Waals surface area contributed by atoms with Gasteiger partial charge in [-0.05, 0) is 37.3 Å². The number of carbonyl (C=O) groups excluding carboxylic acids is 1. The number of alkyl halides is 2. The number of hydrogen-bond donors (Lipinski definition) is 1. The van der Waals surface area contributed by atoms with Crippen LogP contribution in [0, 0.1) is 6.92 Å². The van der Waals surface area contributed by atoms with E-state index in [0.29, 0.717) is 5.69 Å². The lowest BCUT2D eigenvalue weighted by Crippen LogP contribution is -2.14. The molecular formula is C16H14ClF2NO2S. The summed E-state index contributed by atoms with van der Waals surface area (Å²) in [5.41, 5.74) is 1.57. The molecule has 0 saturated carbocycles. The van der Waals surface area contributed by atoms with Gasteiger partial charge in [0.2, 0.25) is 5.91 Å². The van der Waals surface area contributed by atoms with E-state index in [1.165, 1.54) is 30.0 Å². The zero-order valence-corrected chi connectivity index (χ0v) is 13.8. The molecule has 1 N–H and O–H groups in total. The molecule has 0 heterocycles. The normalized spacial score (nSPS) is 10.7. The quantitative estimate of drug-likeness (QED) is 0.741. The van der Waals surface area contributed by atoms with Crippen LogP contribution in [0.3, 0.4) is 0 Å². The van der Waals surface area contributed by atoms with Gasteiger partial charge in [0.05, 0.1) is 10.8 Å². The minimum Gasteiger partial charge on any atom is -0.433 e. The van der Waals surface area contributed by atoms with Crippen LogP contribution in [0.25, 0.3) is 0 Å². The molecule has 0 spiro atoms. The molecule has 1 amide bonds. The van der Waals surface area contributed by atoms with Crippen LogP contribution in [-0.2, 0) is 4.79 Å². The van der Waals surface area contributed by atoms with Crippen molar-refractivity contribution < 1.29 is 18.3 Å². The molecule has 23 heavy (non-hydrogen) atoms. The first-order valence-electron chi connectivity index (χ1n) is 6.68. The van der Waals surface area contributed by atoms with Crippen molar-refractivity contribution in [2.45, 2.75) is 18.4 Å². The Labute approximate surface area is 142 Å². The Morgan fingerprint density at radius 3 is 2.57 bits per heavy atom. The molecule has 122 valence electrons. The van der Waals surface area contributed by atoms with Gasteiger partial charge < -0.3 is 10.1 Å². The van der Waals surface area contributed by atoms with Gasteiger partial charge in [-0.1, -0.05) is 29.3 Å². The minimum absolute atomic E-state index is 0.00860. The third kappa shape index (κ3) is 5.73. The maximum Gasteiger partial charge on any atom is 0.387 e. The van der Waals surface area contributed by atoms with Crippen LogP contribution < -0.4 is 10.1 Å². The second-order valence-corrected chi connectivity index (χ2v) is 6.13. The molecule has 0 unspecified atom stereocenters. The third-order valence-electron chi connectivity index (χ3n) is 2.82. The van der Waals surface area contributed by atoms with E-state index in [1.807, 2.05) is 31.2 Å². The number of anilines is 1. The Bertz CT molecular complexity index is 680. The number of amides is 1. The Kier molecular flexibility index (Phi) is 6.24. The molecule has 2 aromatic rings. The van der Waals surface area contributed by atoms with Gasteiger partial charge in [-0.3, -0.25) is 4.79 Å². The summed E-state index contributed by atoms with van der Waals surface area (Å²) in [7, 11) is 0. The van der Waals surface area contributed by atoms with Crippen molar-refractivity contribution in [3.8, 4) is 5.75 Å². The number of halogens is 3. The van der Waals surface area contributed by atoms with Gasteiger partial charge in [0.25, 0.3) is 0 Å². The van der Waals surface area contributed by atoms with Crippen LogP contribution in [0.1, 0.15) is 5.56 Å². The molecule has 7 heteroatoms. The summed E-state index contributed by atoms with van der Waals surface area (Å²) in [5.74, 6) is -0.112. The SMILES string of the molecule is Cc1ccc(SCC(=O)Nc2ccc(OC(F)F)c(Cl)c2)cc1. The maximum atomic E-state index is 12.1. The third-order valence-corrected chi connectivity index (χ3v) is 4.13. The van der Waals surface area contributed by atoms with Crippen LogP contribution >= 0.6 is 23.4 Å².